The molecule has 2 aromatic rings. The quantitative estimate of drug-likeness (QED) is 0.893. The fourth-order valence-electron chi connectivity index (χ4n) is 3.34. The molecule has 7 nitrogen and oxygen atoms in total. The molecule has 0 bridgehead atoms. The number of aromatic nitrogens is 2. The third kappa shape index (κ3) is 3.63. The highest BCUT2D eigenvalue weighted by molar-refractivity contribution is 7.91. The number of hydrogen-bond donors (Lipinski definition) is 1. The van der Waals surface area contributed by atoms with E-state index in [2.05, 4.69) is 10.3 Å². The van der Waals surface area contributed by atoms with Gasteiger partial charge in [0.15, 0.2) is 9.84 Å². The van der Waals surface area contributed by atoms with E-state index in [0.717, 1.165) is 22.4 Å². The average molecular weight is 364 g/mol. The fourth-order valence-corrected chi connectivity index (χ4v) is 5.07. The summed E-state index contributed by atoms with van der Waals surface area (Å²) in [6.45, 7) is 4.70. The third-order valence-corrected chi connectivity index (χ3v) is 6.61. The van der Waals surface area contributed by atoms with Crippen LogP contribution in [-0.2, 0) is 23.4 Å². The summed E-state index contributed by atoms with van der Waals surface area (Å²) < 4.78 is 25.3. The number of nitrogens with zero attached hydrogens (tertiary/aromatic N) is 3. The van der Waals surface area contributed by atoms with Gasteiger partial charge < -0.3 is 14.8 Å². The molecule has 136 valence electrons. The van der Waals surface area contributed by atoms with Crippen LogP contribution in [0.2, 0.25) is 0 Å². The second kappa shape index (κ2) is 6.67. The van der Waals surface area contributed by atoms with Gasteiger partial charge in [-0.2, -0.15) is 0 Å². The summed E-state index contributed by atoms with van der Waals surface area (Å²) in [5, 5.41) is 2.90. The Morgan fingerprint density at radius 3 is 2.84 bits per heavy atom. The Morgan fingerprint density at radius 1 is 1.44 bits per heavy atom. The molecule has 0 unspecified atom stereocenters. The van der Waals surface area contributed by atoms with Crippen molar-refractivity contribution in [2.75, 3.05) is 18.1 Å². The maximum Gasteiger partial charge on any atom is 0.317 e. The number of amides is 2. The first-order chi connectivity index (χ1) is 11.8. The summed E-state index contributed by atoms with van der Waals surface area (Å²) in [5.41, 5.74) is 2.92. The third-order valence-electron chi connectivity index (χ3n) is 4.86. The van der Waals surface area contributed by atoms with Gasteiger partial charge >= 0.3 is 6.03 Å². The first-order valence-electron chi connectivity index (χ1n) is 8.47. The number of carbonyl (C=O) groups excluding carboxylic acids is 1. The molecule has 1 atom stereocenters. The average Bonchev–Trinajstić information content (AvgIpc) is 3.05. The van der Waals surface area contributed by atoms with Crippen LogP contribution in [0.3, 0.4) is 0 Å². The van der Waals surface area contributed by atoms with Crippen LogP contribution in [0.5, 0.6) is 0 Å². The molecule has 1 N–H and O–H groups in total. The molecule has 1 fully saturated rings. The molecule has 1 aliphatic rings. The number of sulfone groups is 1. The maximum absolute atomic E-state index is 12.5. The molecule has 0 aliphatic carbocycles. The summed E-state index contributed by atoms with van der Waals surface area (Å²) in [4.78, 5) is 18.6. The number of rotatable bonds is 4. The molecule has 0 spiro atoms. The first-order valence-corrected chi connectivity index (χ1v) is 10.3. The summed E-state index contributed by atoms with van der Waals surface area (Å²) in [7, 11) is -1.04. The number of benzene rings is 1. The van der Waals surface area contributed by atoms with Crippen LogP contribution in [0.15, 0.2) is 18.2 Å². The Morgan fingerprint density at radius 2 is 2.20 bits per heavy atom. The number of carbonyl (C=O) groups is 1. The summed E-state index contributed by atoms with van der Waals surface area (Å²) in [6, 6.07) is 5.49. The van der Waals surface area contributed by atoms with Gasteiger partial charge in [0.2, 0.25) is 0 Å². The molecule has 1 saturated heterocycles. The number of urea groups is 1. The van der Waals surface area contributed by atoms with Crippen LogP contribution >= 0.6 is 0 Å². The minimum absolute atomic E-state index is 0.0629. The fraction of sp³-hybridized carbons (Fsp3) is 0.529. The Balaban J connectivity index is 1.67. The highest BCUT2D eigenvalue weighted by Gasteiger charge is 2.33. The molecular formula is C17H24N4O3S. The lowest BCUT2D eigenvalue weighted by Crippen LogP contribution is -2.46. The highest BCUT2D eigenvalue weighted by atomic mass is 32.2. The highest BCUT2D eigenvalue weighted by Crippen LogP contribution is 2.19. The van der Waals surface area contributed by atoms with Crippen molar-refractivity contribution >= 4 is 26.9 Å². The van der Waals surface area contributed by atoms with Crippen molar-refractivity contribution in [1.82, 2.24) is 19.8 Å². The van der Waals surface area contributed by atoms with E-state index in [1.54, 1.807) is 4.90 Å². The van der Waals surface area contributed by atoms with Crippen molar-refractivity contribution in [2.45, 2.75) is 32.9 Å². The van der Waals surface area contributed by atoms with E-state index in [1.807, 2.05) is 43.7 Å². The number of imidazole rings is 1. The monoisotopic (exact) mass is 364 g/mol. The van der Waals surface area contributed by atoms with Gasteiger partial charge in [-0.25, -0.2) is 18.2 Å². The number of aryl methyl sites for hydroxylation is 2. The van der Waals surface area contributed by atoms with E-state index in [0.29, 0.717) is 19.5 Å². The lowest BCUT2D eigenvalue weighted by molar-refractivity contribution is 0.183. The normalized spacial score (nSPS) is 19.2. The van der Waals surface area contributed by atoms with Crippen LogP contribution in [0, 0.1) is 6.92 Å². The molecular weight excluding hydrogens is 340 g/mol. The summed E-state index contributed by atoms with van der Waals surface area (Å²) in [6.07, 6.45) is 0.517. The van der Waals surface area contributed by atoms with Crippen LogP contribution in [0.25, 0.3) is 11.0 Å². The summed E-state index contributed by atoms with van der Waals surface area (Å²) in [5.74, 6) is 1.17. The molecule has 1 aromatic carbocycles. The van der Waals surface area contributed by atoms with Gasteiger partial charge in [-0.05, 0) is 38.0 Å². The Labute approximate surface area is 147 Å². The van der Waals surface area contributed by atoms with Gasteiger partial charge in [0.1, 0.15) is 5.82 Å². The van der Waals surface area contributed by atoms with Crippen LogP contribution in [0.4, 0.5) is 4.79 Å². The molecule has 1 aliphatic heterocycles. The van der Waals surface area contributed by atoms with E-state index in [9.17, 15) is 13.2 Å². The number of nitrogens with one attached hydrogen (secondary N) is 1. The summed E-state index contributed by atoms with van der Waals surface area (Å²) >= 11 is 0. The Hall–Kier alpha value is -2.09. The van der Waals surface area contributed by atoms with Gasteiger partial charge in [0.05, 0.1) is 22.5 Å². The zero-order valence-corrected chi connectivity index (χ0v) is 15.6. The predicted molar refractivity (Wildman–Crippen MR) is 97.1 cm³/mol. The molecule has 2 amide bonds. The van der Waals surface area contributed by atoms with Crippen molar-refractivity contribution in [3.63, 3.8) is 0 Å². The predicted octanol–water partition coefficient (Wildman–Crippen LogP) is 1.60. The van der Waals surface area contributed by atoms with Gasteiger partial charge in [0.25, 0.3) is 0 Å². The minimum atomic E-state index is -3.01. The van der Waals surface area contributed by atoms with E-state index in [1.165, 1.54) is 0 Å². The second-order valence-electron chi connectivity index (χ2n) is 6.54. The molecule has 1 aromatic heterocycles. The standard InChI is InChI=1S/C17H24N4O3S/c1-4-21(14-7-8-25(23,24)11-14)17(22)18-10-13-5-6-16-15(9-13)19-12(2)20(16)3/h5-6,9,14H,4,7-8,10-11H2,1-3H3,(H,18,22)/t14-/m1/s1. The van der Waals surface area contributed by atoms with Crippen LogP contribution < -0.4 is 5.32 Å². The molecule has 2 heterocycles. The number of fused-ring (bicyclic) bond motifs is 1. The van der Waals surface area contributed by atoms with Crippen LogP contribution in [0.1, 0.15) is 24.7 Å². The minimum Gasteiger partial charge on any atom is -0.334 e. The van der Waals surface area contributed by atoms with Crippen molar-refractivity contribution in [3.8, 4) is 0 Å². The maximum atomic E-state index is 12.5. The van der Waals surface area contributed by atoms with E-state index < -0.39 is 9.84 Å². The lowest BCUT2D eigenvalue weighted by atomic mass is 10.2. The first kappa shape index (κ1) is 17.7. The molecule has 0 saturated carbocycles. The van der Waals surface area contributed by atoms with E-state index in [-0.39, 0.29) is 23.6 Å². The largest absolute Gasteiger partial charge is 0.334 e. The lowest BCUT2D eigenvalue weighted by Gasteiger charge is -2.27. The van der Waals surface area contributed by atoms with Gasteiger partial charge in [-0.15, -0.1) is 0 Å². The topological polar surface area (TPSA) is 84.3 Å². The van der Waals surface area contributed by atoms with E-state index in [4.69, 9.17) is 0 Å². The Kier molecular flexibility index (Phi) is 4.73. The zero-order valence-electron chi connectivity index (χ0n) is 14.8. The van der Waals surface area contributed by atoms with E-state index >= 15 is 0 Å². The molecule has 3 rings (SSSR count). The van der Waals surface area contributed by atoms with Gasteiger partial charge in [-0.3, -0.25) is 0 Å². The van der Waals surface area contributed by atoms with Crippen molar-refractivity contribution in [1.29, 1.82) is 0 Å². The zero-order chi connectivity index (χ0) is 18.2. The molecule has 8 heteroatoms. The number of hydrogen-bond acceptors (Lipinski definition) is 4. The SMILES string of the molecule is CCN(C(=O)NCc1ccc2c(c1)nc(C)n2C)[C@@H]1CCS(=O)(=O)C1. The van der Waals surface area contributed by atoms with Crippen molar-refractivity contribution in [2.24, 2.45) is 7.05 Å². The smallest absolute Gasteiger partial charge is 0.317 e. The second-order valence-corrected chi connectivity index (χ2v) is 8.77. The Bertz CT molecular complexity index is 904. The van der Waals surface area contributed by atoms with Crippen LogP contribution in [-0.4, -0.2) is 53.0 Å². The molecule has 25 heavy (non-hydrogen) atoms. The molecule has 0 radical (unpaired) electrons. The van der Waals surface area contributed by atoms with Crippen molar-refractivity contribution in [3.05, 3.63) is 29.6 Å². The van der Waals surface area contributed by atoms with Gasteiger partial charge in [0, 0.05) is 26.2 Å². The van der Waals surface area contributed by atoms with Crippen molar-refractivity contribution < 1.29 is 13.2 Å². The van der Waals surface area contributed by atoms with Gasteiger partial charge in [-0.1, -0.05) is 6.07 Å².